The fourth-order valence-corrected chi connectivity index (χ4v) is 7.01. The minimum atomic E-state index is -0.594. The van der Waals surface area contributed by atoms with Crippen molar-refractivity contribution in [1.82, 2.24) is 4.98 Å². The summed E-state index contributed by atoms with van der Waals surface area (Å²) >= 11 is 7.23. The summed E-state index contributed by atoms with van der Waals surface area (Å²) in [6.45, 7) is 0. The number of hydrogen-bond donors (Lipinski definition) is 1. The molecule has 1 heterocycles. The van der Waals surface area contributed by atoms with E-state index in [4.69, 9.17) is 16.6 Å². The second-order valence-electron chi connectivity index (χ2n) is 8.61. The first-order valence-electron chi connectivity index (χ1n) is 9.63. The first kappa shape index (κ1) is 18.1. The Labute approximate surface area is 171 Å². The molecule has 0 aliphatic heterocycles. The summed E-state index contributed by atoms with van der Waals surface area (Å²) in [7, 11) is 0. The monoisotopic (exact) mass is 417 g/mol. The number of carbonyl (C=O) groups is 1. The normalized spacial score (nSPS) is 30.4. The van der Waals surface area contributed by atoms with Crippen molar-refractivity contribution in [2.24, 2.45) is 17.8 Å². The fourth-order valence-electron chi connectivity index (χ4n) is 6.01. The second kappa shape index (κ2) is 6.52. The zero-order chi connectivity index (χ0) is 19.5. The third-order valence-electron chi connectivity index (χ3n) is 6.71. The fraction of sp³-hybridized carbons (Fsp3) is 0.500. The molecular formula is C20H20ClN3O3S. The van der Waals surface area contributed by atoms with Gasteiger partial charge in [-0.1, -0.05) is 11.6 Å². The summed E-state index contributed by atoms with van der Waals surface area (Å²) in [4.78, 5) is 28.0. The van der Waals surface area contributed by atoms with Gasteiger partial charge in [0.2, 0.25) is 0 Å². The maximum Gasteiger partial charge on any atom is 0.283 e. The number of nitro groups is 1. The van der Waals surface area contributed by atoms with Gasteiger partial charge in [0.25, 0.3) is 11.6 Å². The Morgan fingerprint density at radius 3 is 2.46 bits per heavy atom. The van der Waals surface area contributed by atoms with Gasteiger partial charge in [-0.2, -0.15) is 0 Å². The van der Waals surface area contributed by atoms with E-state index in [0.29, 0.717) is 5.13 Å². The smallest absolute Gasteiger partial charge is 0.283 e. The maximum absolute atomic E-state index is 12.6. The number of halogens is 1. The predicted molar refractivity (Wildman–Crippen MR) is 108 cm³/mol. The molecule has 0 radical (unpaired) electrons. The lowest BCUT2D eigenvalue weighted by molar-refractivity contribution is -0.385. The molecule has 1 aromatic carbocycles. The van der Waals surface area contributed by atoms with Crippen molar-refractivity contribution in [3.63, 3.8) is 0 Å². The van der Waals surface area contributed by atoms with E-state index in [1.54, 1.807) is 0 Å². The molecule has 0 saturated heterocycles. The van der Waals surface area contributed by atoms with Crippen molar-refractivity contribution in [3.8, 4) is 0 Å². The van der Waals surface area contributed by atoms with Gasteiger partial charge >= 0.3 is 0 Å². The largest absolute Gasteiger partial charge is 0.298 e. The average molecular weight is 418 g/mol. The van der Waals surface area contributed by atoms with Gasteiger partial charge in [-0.3, -0.25) is 20.2 Å². The summed E-state index contributed by atoms with van der Waals surface area (Å²) < 4.78 is 0. The summed E-state index contributed by atoms with van der Waals surface area (Å²) in [5.41, 5.74) is 0.946. The van der Waals surface area contributed by atoms with E-state index in [0.717, 1.165) is 23.4 Å². The summed E-state index contributed by atoms with van der Waals surface area (Å²) in [6.07, 6.45) is 7.73. The van der Waals surface area contributed by atoms with Crippen molar-refractivity contribution in [3.05, 3.63) is 50.0 Å². The molecule has 0 atom stereocenters. The van der Waals surface area contributed by atoms with Crippen LogP contribution >= 0.6 is 22.9 Å². The number of benzene rings is 1. The Kier molecular flexibility index (Phi) is 4.21. The van der Waals surface area contributed by atoms with Crippen LogP contribution in [0.15, 0.2) is 23.6 Å². The van der Waals surface area contributed by atoms with E-state index < -0.39 is 10.8 Å². The van der Waals surface area contributed by atoms with Gasteiger partial charge < -0.3 is 0 Å². The number of nitrogens with zero attached hydrogens (tertiary/aromatic N) is 2. The summed E-state index contributed by atoms with van der Waals surface area (Å²) in [6, 6.07) is 4.05. The van der Waals surface area contributed by atoms with Crippen molar-refractivity contribution >= 4 is 39.7 Å². The van der Waals surface area contributed by atoms with Crippen LogP contribution in [-0.2, 0) is 5.41 Å². The van der Waals surface area contributed by atoms with E-state index in [2.05, 4.69) is 10.7 Å². The molecule has 8 heteroatoms. The third-order valence-corrected chi connectivity index (χ3v) is 7.70. The third kappa shape index (κ3) is 3.01. The van der Waals surface area contributed by atoms with Crippen molar-refractivity contribution in [2.45, 2.75) is 43.9 Å². The topological polar surface area (TPSA) is 85.1 Å². The van der Waals surface area contributed by atoms with Gasteiger partial charge in [0.1, 0.15) is 5.56 Å². The number of hydrogen-bond acceptors (Lipinski definition) is 5. The number of nitrogens with one attached hydrogen (secondary N) is 1. The van der Waals surface area contributed by atoms with Crippen molar-refractivity contribution in [2.75, 3.05) is 5.32 Å². The van der Waals surface area contributed by atoms with E-state index in [-0.39, 0.29) is 21.7 Å². The molecule has 1 N–H and O–H groups in total. The van der Waals surface area contributed by atoms with Crippen LogP contribution in [0.3, 0.4) is 0 Å². The zero-order valence-corrected chi connectivity index (χ0v) is 16.8. The molecule has 28 heavy (non-hydrogen) atoms. The molecule has 4 aliphatic carbocycles. The molecule has 4 aliphatic rings. The number of thiazole rings is 1. The van der Waals surface area contributed by atoms with Gasteiger partial charge in [0.15, 0.2) is 5.13 Å². The molecule has 0 unspecified atom stereocenters. The summed E-state index contributed by atoms with van der Waals surface area (Å²) in [5, 5.41) is 16.8. The number of aromatic nitrogens is 1. The molecule has 1 amide bonds. The molecule has 4 fully saturated rings. The first-order chi connectivity index (χ1) is 13.4. The Morgan fingerprint density at radius 1 is 1.21 bits per heavy atom. The minimum absolute atomic E-state index is 0.0130. The molecular weight excluding hydrogens is 398 g/mol. The van der Waals surface area contributed by atoms with Crippen LogP contribution in [0.25, 0.3) is 0 Å². The number of nitro benzene ring substituents is 1. The van der Waals surface area contributed by atoms with Gasteiger partial charge in [-0.05, 0) is 68.4 Å². The Bertz CT molecular complexity index is 938. The standard InChI is InChI=1S/C20H20ClN3O3S/c21-14-1-2-15(16(6-14)24(26)27)18(25)23-19-22-17(10-28-19)20-7-11-3-12(8-20)5-13(4-11)9-20/h1-2,6,10-13H,3-5,7-9H2,(H,22,23,25). The molecule has 1 aromatic heterocycles. The summed E-state index contributed by atoms with van der Waals surface area (Å²) in [5.74, 6) is 1.93. The number of anilines is 1. The lowest BCUT2D eigenvalue weighted by atomic mass is 9.49. The van der Waals surface area contributed by atoms with E-state index >= 15 is 0 Å². The Hall–Kier alpha value is -1.99. The molecule has 2 aromatic rings. The minimum Gasteiger partial charge on any atom is -0.298 e. The van der Waals surface area contributed by atoms with E-state index in [1.165, 1.54) is 68.1 Å². The molecule has 6 rings (SSSR count). The molecule has 0 spiro atoms. The van der Waals surface area contributed by atoms with Gasteiger partial charge in [-0.15, -0.1) is 11.3 Å². The molecule has 146 valence electrons. The predicted octanol–water partition coefficient (Wildman–Crippen LogP) is 5.42. The highest BCUT2D eigenvalue weighted by molar-refractivity contribution is 7.14. The van der Waals surface area contributed by atoms with E-state index in [9.17, 15) is 14.9 Å². The average Bonchev–Trinajstić information content (AvgIpc) is 3.09. The zero-order valence-electron chi connectivity index (χ0n) is 15.2. The number of carbonyl (C=O) groups excluding carboxylic acids is 1. The van der Waals surface area contributed by atoms with Crippen LogP contribution in [0, 0.1) is 27.9 Å². The van der Waals surface area contributed by atoms with Crippen LogP contribution < -0.4 is 5.32 Å². The number of amides is 1. The lowest BCUT2D eigenvalue weighted by Crippen LogP contribution is -2.48. The van der Waals surface area contributed by atoms with Crippen LogP contribution in [0.4, 0.5) is 10.8 Å². The Morgan fingerprint density at radius 2 is 1.86 bits per heavy atom. The second-order valence-corrected chi connectivity index (χ2v) is 9.90. The van der Waals surface area contributed by atoms with Gasteiger partial charge in [-0.25, -0.2) is 4.98 Å². The van der Waals surface area contributed by atoms with E-state index in [1.807, 2.05) is 0 Å². The van der Waals surface area contributed by atoms with Crippen LogP contribution in [0.5, 0.6) is 0 Å². The highest BCUT2D eigenvalue weighted by Gasteiger charge is 2.52. The number of rotatable bonds is 4. The van der Waals surface area contributed by atoms with Crippen LogP contribution in [0.1, 0.15) is 54.6 Å². The van der Waals surface area contributed by atoms with Crippen molar-refractivity contribution in [1.29, 1.82) is 0 Å². The van der Waals surface area contributed by atoms with Gasteiger partial charge in [0, 0.05) is 21.9 Å². The highest BCUT2D eigenvalue weighted by atomic mass is 35.5. The molecule has 6 nitrogen and oxygen atoms in total. The SMILES string of the molecule is O=C(Nc1nc(C23CC4CC(CC(C4)C2)C3)cs1)c1ccc(Cl)cc1[N+](=O)[O-]. The maximum atomic E-state index is 12.6. The quantitative estimate of drug-likeness (QED) is 0.531. The molecule has 4 saturated carbocycles. The molecule has 4 bridgehead atoms. The Balaban J connectivity index is 1.38. The first-order valence-corrected chi connectivity index (χ1v) is 10.9. The lowest BCUT2D eigenvalue weighted by Gasteiger charge is -2.56. The van der Waals surface area contributed by atoms with Crippen LogP contribution in [-0.4, -0.2) is 15.8 Å². The van der Waals surface area contributed by atoms with Crippen molar-refractivity contribution < 1.29 is 9.72 Å². The van der Waals surface area contributed by atoms with Gasteiger partial charge in [0.05, 0.1) is 10.6 Å². The van der Waals surface area contributed by atoms with Crippen LogP contribution in [0.2, 0.25) is 5.02 Å². The highest BCUT2D eigenvalue weighted by Crippen LogP contribution is 2.60.